The first-order chi connectivity index (χ1) is 17.0. The quantitative estimate of drug-likeness (QED) is 0.362. The van der Waals surface area contributed by atoms with E-state index in [0.717, 1.165) is 60.8 Å². The smallest absolute Gasteiger partial charge is 0.163 e. The second-order valence-electron chi connectivity index (χ2n) is 8.71. The molecule has 0 bridgehead atoms. The minimum atomic E-state index is 0.255. The number of nitrogens with one attached hydrogen (secondary N) is 2. The maximum Gasteiger partial charge on any atom is 0.163 e. The van der Waals surface area contributed by atoms with E-state index in [4.69, 9.17) is 25.9 Å². The summed E-state index contributed by atoms with van der Waals surface area (Å²) >= 11 is 0. The Morgan fingerprint density at radius 1 is 1.23 bits per heavy atom. The highest BCUT2D eigenvalue weighted by molar-refractivity contribution is 5.75. The maximum absolute atomic E-state index is 6.14. The number of hydrogen-bond acceptors (Lipinski definition) is 9. The highest BCUT2D eigenvalue weighted by Crippen LogP contribution is 2.28. The second-order valence-corrected chi connectivity index (χ2v) is 8.71. The standard InChI is InChI=1S/C25H34N8O2/c1-33-15-18(13-30-33)21(10-26)25-31-22(9-24(27)32-25)16-4-6-19(29-12-16)14-28-11-17-5-7-20(34-2)8-23(17)35-3/h5,7-10,13,15-16,19,28-29H,4,6,11-12,14,26H2,1-3H3,(H2,27,31,32)/t16-,19-/m0/s1. The number of nitrogens with two attached hydrogens (primary N) is 2. The monoisotopic (exact) mass is 478 g/mol. The zero-order chi connectivity index (χ0) is 24.8. The summed E-state index contributed by atoms with van der Waals surface area (Å²) < 4.78 is 12.5. The summed E-state index contributed by atoms with van der Waals surface area (Å²) in [4.78, 5) is 9.25. The molecule has 6 N–H and O–H groups in total. The van der Waals surface area contributed by atoms with Crippen LogP contribution in [0.4, 0.5) is 5.82 Å². The molecule has 3 aromatic rings. The van der Waals surface area contributed by atoms with E-state index in [2.05, 4.69) is 20.7 Å². The molecule has 10 heteroatoms. The Morgan fingerprint density at radius 2 is 2.09 bits per heavy atom. The van der Waals surface area contributed by atoms with Crippen LogP contribution in [0.5, 0.6) is 11.5 Å². The van der Waals surface area contributed by atoms with Gasteiger partial charge in [-0.25, -0.2) is 9.97 Å². The van der Waals surface area contributed by atoms with Crippen LogP contribution in [0.3, 0.4) is 0 Å². The van der Waals surface area contributed by atoms with E-state index in [1.54, 1.807) is 25.1 Å². The topological polar surface area (TPSA) is 138 Å². The number of rotatable bonds is 9. The third-order valence-electron chi connectivity index (χ3n) is 6.32. The summed E-state index contributed by atoms with van der Waals surface area (Å²) in [6, 6.07) is 8.12. The Hall–Kier alpha value is -3.63. The van der Waals surface area contributed by atoms with Crippen LogP contribution in [0.25, 0.3) is 5.57 Å². The molecule has 0 spiro atoms. The summed E-state index contributed by atoms with van der Waals surface area (Å²) in [5, 5.41) is 11.4. The average Bonchev–Trinajstić information content (AvgIpc) is 3.30. The Labute approximate surface area is 205 Å². The lowest BCUT2D eigenvalue weighted by atomic mass is 9.91. The van der Waals surface area contributed by atoms with Crippen molar-refractivity contribution >= 4 is 11.4 Å². The Bertz CT molecular complexity index is 1170. The van der Waals surface area contributed by atoms with Crippen molar-refractivity contribution in [2.45, 2.75) is 31.3 Å². The van der Waals surface area contributed by atoms with Gasteiger partial charge >= 0.3 is 0 Å². The number of ether oxygens (including phenoxy) is 2. The number of aromatic nitrogens is 4. The SMILES string of the molecule is COc1ccc(CNC[C@@H]2CC[C@H](c3cc(N)nc(C(=CN)c4cnn(C)c4)n3)CN2)c(OC)c1. The fourth-order valence-electron chi connectivity index (χ4n) is 4.40. The van der Waals surface area contributed by atoms with Crippen LogP contribution < -0.4 is 31.6 Å². The molecule has 0 radical (unpaired) electrons. The predicted molar refractivity (Wildman–Crippen MR) is 136 cm³/mol. The highest BCUT2D eigenvalue weighted by Gasteiger charge is 2.24. The Kier molecular flexibility index (Phi) is 7.84. The van der Waals surface area contributed by atoms with Crippen molar-refractivity contribution in [1.82, 2.24) is 30.4 Å². The zero-order valence-electron chi connectivity index (χ0n) is 20.5. The van der Waals surface area contributed by atoms with Crippen molar-refractivity contribution in [2.24, 2.45) is 12.8 Å². The van der Waals surface area contributed by atoms with Crippen LogP contribution in [-0.2, 0) is 13.6 Å². The molecule has 2 aromatic heterocycles. The summed E-state index contributed by atoms with van der Waals surface area (Å²) in [5.74, 6) is 2.82. The number of aryl methyl sites for hydroxylation is 1. The average molecular weight is 479 g/mol. The summed E-state index contributed by atoms with van der Waals surface area (Å²) in [6.07, 6.45) is 7.17. The number of benzene rings is 1. The number of piperidine rings is 1. The number of anilines is 1. The molecule has 186 valence electrons. The molecule has 3 heterocycles. The van der Waals surface area contributed by atoms with Gasteiger partial charge in [0.05, 0.1) is 26.1 Å². The van der Waals surface area contributed by atoms with E-state index in [-0.39, 0.29) is 5.92 Å². The lowest BCUT2D eigenvalue weighted by Gasteiger charge is -2.30. The maximum atomic E-state index is 6.14. The third kappa shape index (κ3) is 5.90. The number of nitrogen functional groups attached to an aromatic ring is 1. The normalized spacial score (nSPS) is 18.4. The van der Waals surface area contributed by atoms with Gasteiger partial charge in [0.25, 0.3) is 0 Å². The molecule has 35 heavy (non-hydrogen) atoms. The summed E-state index contributed by atoms with van der Waals surface area (Å²) in [6.45, 7) is 2.41. The van der Waals surface area contributed by atoms with Crippen molar-refractivity contribution in [3.8, 4) is 11.5 Å². The molecule has 4 rings (SSSR count). The third-order valence-corrected chi connectivity index (χ3v) is 6.32. The summed E-state index contributed by atoms with van der Waals surface area (Å²) in [5.41, 5.74) is 15.7. The molecule has 1 aliphatic heterocycles. The van der Waals surface area contributed by atoms with Gasteiger partial charge in [-0.2, -0.15) is 5.10 Å². The van der Waals surface area contributed by atoms with Gasteiger partial charge < -0.3 is 31.6 Å². The van der Waals surface area contributed by atoms with E-state index in [1.165, 1.54) is 6.20 Å². The van der Waals surface area contributed by atoms with Gasteiger partial charge in [0.2, 0.25) is 0 Å². The van der Waals surface area contributed by atoms with Gasteiger partial charge in [0.15, 0.2) is 5.82 Å². The van der Waals surface area contributed by atoms with Crippen LogP contribution in [0.2, 0.25) is 0 Å². The minimum Gasteiger partial charge on any atom is -0.497 e. The highest BCUT2D eigenvalue weighted by atomic mass is 16.5. The minimum absolute atomic E-state index is 0.255. The van der Waals surface area contributed by atoms with Gasteiger partial charge in [-0.05, 0) is 18.9 Å². The van der Waals surface area contributed by atoms with Gasteiger partial charge in [-0.3, -0.25) is 4.68 Å². The van der Waals surface area contributed by atoms with Crippen molar-refractivity contribution in [3.63, 3.8) is 0 Å². The molecule has 0 unspecified atom stereocenters. The first-order valence-corrected chi connectivity index (χ1v) is 11.7. The predicted octanol–water partition coefficient (Wildman–Crippen LogP) is 1.78. The molecular formula is C25H34N8O2. The first kappa shape index (κ1) is 24.5. The van der Waals surface area contributed by atoms with E-state index < -0.39 is 0 Å². The van der Waals surface area contributed by atoms with Crippen LogP contribution in [0.1, 0.15) is 41.4 Å². The molecule has 1 fully saturated rings. The molecule has 0 saturated carbocycles. The lowest BCUT2D eigenvalue weighted by Crippen LogP contribution is -2.44. The number of methoxy groups -OCH3 is 2. The molecular weight excluding hydrogens is 444 g/mol. The molecule has 1 saturated heterocycles. The first-order valence-electron chi connectivity index (χ1n) is 11.7. The van der Waals surface area contributed by atoms with Gasteiger partial charge in [-0.15, -0.1) is 0 Å². The van der Waals surface area contributed by atoms with Crippen LogP contribution >= 0.6 is 0 Å². The van der Waals surface area contributed by atoms with Crippen LogP contribution in [0.15, 0.2) is 42.9 Å². The summed E-state index contributed by atoms with van der Waals surface area (Å²) in [7, 11) is 5.19. The van der Waals surface area contributed by atoms with E-state index >= 15 is 0 Å². The Balaban J connectivity index is 1.34. The van der Waals surface area contributed by atoms with Crippen molar-refractivity contribution < 1.29 is 9.47 Å². The second kappa shape index (κ2) is 11.2. The Morgan fingerprint density at radius 3 is 2.74 bits per heavy atom. The van der Waals surface area contributed by atoms with Gasteiger partial charge in [-0.1, -0.05) is 6.07 Å². The van der Waals surface area contributed by atoms with E-state index in [9.17, 15) is 0 Å². The molecule has 1 aliphatic rings. The zero-order valence-corrected chi connectivity index (χ0v) is 20.5. The fourth-order valence-corrected chi connectivity index (χ4v) is 4.40. The van der Waals surface area contributed by atoms with Crippen LogP contribution in [-0.4, -0.2) is 53.1 Å². The molecule has 1 aromatic carbocycles. The molecule has 2 atom stereocenters. The van der Waals surface area contributed by atoms with Gasteiger partial charge in [0, 0.05) is 79.9 Å². The van der Waals surface area contributed by atoms with E-state index in [0.29, 0.717) is 23.3 Å². The van der Waals surface area contributed by atoms with E-state index in [1.807, 2.05) is 37.5 Å². The van der Waals surface area contributed by atoms with Gasteiger partial charge in [0.1, 0.15) is 17.3 Å². The van der Waals surface area contributed by atoms with Crippen molar-refractivity contribution in [1.29, 1.82) is 0 Å². The van der Waals surface area contributed by atoms with Crippen LogP contribution in [0, 0.1) is 0 Å². The molecule has 0 aliphatic carbocycles. The number of hydrogen-bond donors (Lipinski definition) is 4. The molecule has 10 nitrogen and oxygen atoms in total. The van der Waals surface area contributed by atoms with Crippen molar-refractivity contribution in [2.75, 3.05) is 33.0 Å². The molecule has 0 amide bonds. The van der Waals surface area contributed by atoms with Crippen molar-refractivity contribution in [3.05, 3.63) is 65.5 Å². The number of nitrogens with zero attached hydrogens (tertiary/aromatic N) is 4. The fraction of sp³-hybridized carbons (Fsp3) is 0.400. The largest absolute Gasteiger partial charge is 0.497 e. The lowest BCUT2D eigenvalue weighted by molar-refractivity contribution is 0.347.